The van der Waals surface area contributed by atoms with Crippen LogP contribution < -0.4 is 5.32 Å². The zero-order valence-electron chi connectivity index (χ0n) is 14.4. The fourth-order valence-electron chi connectivity index (χ4n) is 3.14. The summed E-state index contributed by atoms with van der Waals surface area (Å²) >= 11 is 0. The van der Waals surface area contributed by atoms with Gasteiger partial charge in [0.15, 0.2) is 0 Å². The molecule has 5 nitrogen and oxygen atoms in total. The van der Waals surface area contributed by atoms with Crippen molar-refractivity contribution in [2.75, 3.05) is 18.4 Å². The molecule has 1 aliphatic heterocycles. The van der Waals surface area contributed by atoms with Gasteiger partial charge in [-0.3, -0.25) is 4.79 Å². The van der Waals surface area contributed by atoms with Gasteiger partial charge in [0, 0.05) is 36.0 Å². The molecule has 2 aromatic carbocycles. The summed E-state index contributed by atoms with van der Waals surface area (Å²) in [5.74, 6) is 0.833. The SMILES string of the molecule is O=C(c1ccc(Nc2cc(-c3ccccc3)ncn2)cc1)N1CCCC1. The molecule has 0 unspecified atom stereocenters. The van der Waals surface area contributed by atoms with Gasteiger partial charge in [0.05, 0.1) is 5.69 Å². The average Bonchev–Trinajstić information content (AvgIpc) is 3.24. The number of rotatable bonds is 4. The molecule has 130 valence electrons. The van der Waals surface area contributed by atoms with Gasteiger partial charge in [-0.2, -0.15) is 0 Å². The summed E-state index contributed by atoms with van der Waals surface area (Å²) in [4.78, 5) is 22.9. The number of nitrogens with one attached hydrogen (secondary N) is 1. The molecule has 1 aromatic heterocycles. The number of hydrogen-bond acceptors (Lipinski definition) is 4. The third-order valence-corrected chi connectivity index (χ3v) is 4.53. The van der Waals surface area contributed by atoms with E-state index in [0.29, 0.717) is 0 Å². The Labute approximate surface area is 152 Å². The lowest BCUT2D eigenvalue weighted by Crippen LogP contribution is -2.27. The van der Waals surface area contributed by atoms with Crippen molar-refractivity contribution in [3.8, 4) is 11.3 Å². The standard InChI is InChI=1S/C21H20N4O/c26-21(25-12-4-5-13-25)17-8-10-18(11-9-17)24-20-14-19(22-15-23-20)16-6-2-1-3-7-16/h1-3,6-11,14-15H,4-5,12-13H2,(H,22,23,24). The van der Waals surface area contributed by atoms with Crippen LogP contribution in [0.15, 0.2) is 67.0 Å². The first-order valence-electron chi connectivity index (χ1n) is 8.83. The summed E-state index contributed by atoms with van der Waals surface area (Å²) in [5.41, 5.74) is 3.53. The summed E-state index contributed by atoms with van der Waals surface area (Å²) in [6, 6.07) is 19.5. The zero-order valence-corrected chi connectivity index (χ0v) is 14.4. The highest BCUT2D eigenvalue weighted by molar-refractivity contribution is 5.94. The number of hydrogen-bond donors (Lipinski definition) is 1. The van der Waals surface area contributed by atoms with E-state index < -0.39 is 0 Å². The molecule has 0 bridgehead atoms. The highest BCUT2D eigenvalue weighted by Crippen LogP contribution is 2.21. The predicted molar refractivity (Wildman–Crippen MR) is 102 cm³/mol. The number of nitrogens with zero attached hydrogens (tertiary/aromatic N) is 3. The summed E-state index contributed by atoms with van der Waals surface area (Å²) in [6.07, 6.45) is 3.75. The molecular formula is C21H20N4O. The van der Waals surface area contributed by atoms with Gasteiger partial charge in [-0.25, -0.2) is 9.97 Å². The Balaban J connectivity index is 1.48. The molecule has 4 rings (SSSR count). The number of carbonyl (C=O) groups is 1. The molecule has 0 atom stereocenters. The van der Waals surface area contributed by atoms with Crippen LogP contribution in [0.1, 0.15) is 23.2 Å². The van der Waals surface area contributed by atoms with E-state index in [4.69, 9.17) is 0 Å². The Kier molecular flexibility index (Phi) is 4.60. The van der Waals surface area contributed by atoms with E-state index in [1.54, 1.807) is 6.33 Å². The second kappa shape index (κ2) is 7.35. The van der Waals surface area contributed by atoms with Gasteiger partial charge >= 0.3 is 0 Å². The quantitative estimate of drug-likeness (QED) is 0.773. The molecule has 0 aliphatic carbocycles. The molecule has 0 saturated carbocycles. The third-order valence-electron chi connectivity index (χ3n) is 4.53. The van der Waals surface area contributed by atoms with Crippen LogP contribution in [0.5, 0.6) is 0 Å². The zero-order chi connectivity index (χ0) is 17.8. The maximum absolute atomic E-state index is 12.4. The molecular weight excluding hydrogens is 324 g/mol. The fraction of sp³-hybridized carbons (Fsp3) is 0.190. The Morgan fingerprint density at radius 2 is 1.65 bits per heavy atom. The van der Waals surface area contributed by atoms with Gasteiger partial charge in [0.1, 0.15) is 12.1 Å². The monoisotopic (exact) mass is 344 g/mol. The van der Waals surface area contributed by atoms with E-state index in [1.807, 2.05) is 65.6 Å². The summed E-state index contributed by atoms with van der Waals surface area (Å²) in [7, 11) is 0. The van der Waals surface area contributed by atoms with Crippen LogP contribution in [-0.4, -0.2) is 33.9 Å². The molecule has 1 amide bonds. The minimum atomic E-state index is 0.113. The Hall–Kier alpha value is -3.21. The highest BCUT2D eigenvalue weighted by atomic mass is 16.2. The van der Waals surface area contributed by atoms with Crippen LogP contribution in [0.3, 0.4) is 0 Å². The first-order chi connectivity index (χ1) is 12.8. The van der Waals surface area contributed by atoms with E-state index in [0.717, 1.165) is 54.3 Å². The number of aromatic nitrogens is 2. The highest BCUT2D eigenvalue weighted by Gasteiger charge is 2.19. The smallest absolute Gasteiger partial charge is 0.253 e. The minimum Gasteiger partial charge on any atom is -0.340 e. The van der Waals surface area contributed by atoms with Gasteiger partial charge in [0.25, 0.3) is 5.91 Å². The Bertz CT molecular complexity index is 887. The molecule has 0 radical (unpaired) electrons. The van der Waals surface area contributed by atoms with Crippen molar-refractivity contribution in [2.24, 2.45) is 0 Å². The molecule has 5 heteroatoms. The molecule has 0 spiro atoms. The molecule has 1 N–H and O–H groups in total. The first kappa shape index (κ1) is 16.3. The lowest BCUT2D eigenvalue weighted by atomic mass is 10.1. The molecule has 2 heterocycles. The van der Waals surface area contributed by atoms with E-state index >= 15 is 0 Å². The van der Waals surface area contributed by atoms with Crippen molar-refractivity contribution in [1.82, 2.24) is 14.9 Å². The number of benzene rings is 2. The van der Waals surface area contributed by atoms with Crippen molar-refractivity contribution in [3.63, 3.8) is 0 Å². The topological polar surface area (TPSA) is 58.1 Å². The van der Waals surface area contributed by atoms with Gasteiger partial charge in [-0.05, 0) is 37.1 Å². The normalized spacial score (nSPS) is 13.6. The molecule has 3 aromatic rings. The van der Waals surface area contributed by atoms with E-state index in [-0.39, 0.29) is 5.91 Å². The third kappa shape index (κ3) is 3.57. The second-order valence-corrected chi connectivity index (χ2v) is 6.36. The van der Waals surface area contributed by atoms with Crippen molar-refractivity contribution in [2.45, 2.75) is 12.8 Å². The van der Waals surface area contributed by atoms with Gasteiger partial charge in [-0.15, -0.1) is 0 Å². The minimum absolute atomic E-state index is 0.113. The van der Waals surface area contributed by atoms with Gasteiger partial charge in [-0.1, -0.05) is 30.3 Å². The molecule has 1 fully saturated rings. The van der Waals surface area contributed by atoms with E-state index in [1.165, 1.54) is 0 Å². The van der Waals surface area contributed by atoms with E-state index in [9.17, 15) is 4.79 Å². The van der Waals surface area contributed by atoms with Crippen LogP contribution in [-0.2, 0) is 0 Å². The Morgan fingerprint density at radius 3 is 2.38 bits per heavy atom. The lowest BCUT2D eigenvalue weighted by Gasteiger charge is -2.15. The van der Waals surface area contributed by atoms with Crippen LogP contribution in [0.2, 0.25) is 0 Å². The van der Waals surface area contributed by atoms with Crippen molar-refractivity contribution in [1.29, 1.82) is 0 Å². The lowest BCUT2D eigenvalue weighted by molar-refractivity contribution is 0.0793. The second-order valence-electron chi connectivity index (χ2n) is 6.36. The van der Waals surface area contributed by atoms with Crippen LogP contribution in [0, 0.1) is 0 Å². The van der Waals surface area contributed by atoms with Crippen molar-refractivity contribution in [3.05, 3.63) is 72.6 Å². The molecule has 26 heavy (non-hydrogen) atoms. The number of anilines is 2. The summed E-state index contributed by atoms with van der Waals surface area (Å²) in [6.45, 7) is 1.73. The van der Waals surface area contributed by atoms with Crippen LogP contribution in [0.25, 0.3) is 11.3 Å². The first-order valence-corrected chi connectivity index (χ1v) is 8.83. The maximum Gasteiger partial charge on any atom is 0.253 e. The van der Waals surface area contributed by atoms with Gasteiger partial charge in [0.2, 0.25) is 0 Å². The summed E-state index contributed by atoms with van der Waals surface area (Å²) < 4.78 is 0. The van der Waals surface area contributed by atoms with Crippen LogP contribution in [0.4, 0.5) is 11.5 Å². The Morgan fingerprint density at radius 1 is 0.923 bits per heavy atom. The van der Waals surface area contributed by atoms with E-state index in [2.05, 4.69) is 15.3 Å². The molecule has 1 aliphatic rings. The predicted octanol–water partition coefficient (Wildman–Crippen LogP) is 4.12. The summed E-state index contributed by atoms with van der Waals surface area (Å²) in [5, 5.41) is 3.27. The molecule has 1 saturated heterocycles. The number of likely N-dealkylation sites (tertiary alicyclic amines) is 1. The largest absolute Gasteiger partial charge is 0.340 e. The van der Waals surface area contributed by atoms with Crippen molar-refractivity contribution >= 4 is 17.4 Å². The van der Waals surface area contributed by atoms with Gasteiger partial charge < -0.3 is 10.2 Å². The van der Waals surface area contributed by atoms with Crippen molar-refractivity contribution < 1.29 is 4.79 Å². The average molecular weight is 344 g/mol. The maximum atomic E-state index is 12.4. The number of carbonyl (C=O) groups excluding carboxylic acids is 1. The van der Waals surface area contributed by atoms with Crippen LogP contribution >= 0.6 is 0 Å². The number of amides is 1. The fourth-order valence-corrected chi connectivity index (χ4v) is 3.14.